The van der Waals surface area contributed by atoms with Crippen LogP contribution in [0.2, 0.25) is 0 Å². The Morgan fingerprint density at radius 2 is 1.80 bits per heavy atom. The number of benzene rings is 1. The molecule has 2 saturated heterocycles. The molecule has 0 saturated carbocycles. The molecule has 3 rings (SSSR count). The van der Waals surface area contributed by atoms with Crippen LogP contribution in [0, 0.1) is 0 Å². The van der Waals surface area contributed by atoms with Crippen molar-refractivity contribution in [3.8, 4) is 0 Å². The minimum absolute atomic E-state index is 0.122. The van der Waals surface area contributed by atoms with Crippen molar-refractivity contribution < 1.29 is 8.42 Å². The number of likely N-dealkylation sites (tertiary alicyclic amines) is 1. The average molecular weight is 294 g/mol. The predicted molar refractivity (Wildman–Crippen MR) is 80.2 cm³/mol. The standard InChI is InChI=1S/C15H22N2O2S/c1-16-10-8-15(13-6-4-3-5-7-13)9-11-17(12-14(15)16)20(2,18)19/h3-7,14H,8-12H2,1-2H3. The van der Waals surface area contributed by atoms with Crippen molar-refractivity contribution in [1.82, 2.24) is 9.21 Å². The van der Waals surface area contributed by atoms with Crippen molar-refractivity contribution in [3.63, 3.8) is 0 Å². The summed E-state index contributed by atoms with van der Waals surface area (Å²) in [5, 5.41) is 0. The van der Waals surface area contributed by atoms with Crippen LogP contribution in [0.5, 0.6) is 0 Å². The molecule has 20 heavy (non-hydrogen) atoms. The van der Waals surface area contributed by atoms with Gasteiger partial charge in [0.05, 0.1) is 6.26 Å². The first-order valence-corrected chi connectivity index (χ1v) is 8.99. The van der Waals surface area contributed by atoms with Crippen LogP contribution in [0.25, 0.3) is 0 Å². The summed E-state index contributed by atoms with van der Waals surface area (Å²) in [6.07, 6.45) is 3.35. The van der Waals surface area contributed by atoms with Crippen LogP contribution in [-0.4, -0.2) is 56.6 Å². The van der Waals surface area contributed by atoms with Crippen LogP contribution in [0.1, 0.15) is 18.4 Å². The Morgan fingerprint density at radius 3 is 2.45 bits per heavy atom. The van der Waals surface area contributed by atoms with E-state index >= 15 is 0 Å². The maximum Gasteiger partial charge on any atom is 0.211 e. The lowest BCUT2D eigenvalue weighted by molar-refractivity contribution is 0.147. The molecule has 2 aliphatic rings. The molecule has 2 heterocycles. The van der Waals surface area contributed by atoms with E-state index < -0.39 is 10.0 Å². The van der Waals surface area contributed by atoms with Gasteiger partial charge in [0.15, 0.2) is 0 Å². The first kappa shape index (κ1) is 14.0. The molecule has 2 atom stereocenters. The normalized spacial score (nSPS) is 32.2. The Hall–Kier alpha value is -0.910. The van der Waals surface area contributed by atoms with Gasteiger partial charge >= 0.3 is 0 Å². The van der Waals surface area contributed by atoms with Gasteiger partial charge in [-0.3, -0.25) is 0 Å². The van der Waals surface area contributed by atoms with E-state index in [2.05, 4.69) is 36.2 Å². The summed E-state index contributed by atoms with van der Waals surface area (Å²) in [5.41, 5.74) is 1.49. The van der Waals surface area contributed by atoms with Gasteiger partial charge in [0, 0.05) is 24.5 Å². The monoisotopic (exact) mass is 294 g/mol. The van der Waals surface area contributed by atoms with E-state index in [9.17, 15) is 8.42 Å². The lowest BCUT2D eigenvalue weighted by Crippen LogP contribution is -2.55. The molecule has 0 aromatic heterocycles. The number of hydrogen-bond acceptors (Lipinski definition) is 3. The van der Waals surface area contributed by atoms with Crippen molar-refractivity contribution in [3.05, 3.63) is 35.9 Å². The molecule has 4 nitrogen and oxygen atoms in total. The lowest BCUT2D eigenvalue weighted by Gasteiger charge is -2.45. The number of likely N-dealkylation sites (N-methyl/N-ethyl adjacent to an activating group) is 1. The Balaban J connectivity index is 1.97. The van der Waals surface area contributed by atoms with Gasteiger partial charge in [0.1, 0.15) is 0 Å². The van der Waals surface area contributed by atoms with E-state index in [0.717, 1.165) is 19.4 Å². The number of nitrogens with zero attached hydrogens (tertiary/aromatic N) is 2. The quantitative estimate of drug-likeness (QED) is 0.825. The number of sulfonamides is 1. The van der Waals surface area contributed by atoms with Crippen molar-refractivity contribution in [2.24, 2.45) is 0 Å². The molecule has 1 aromatic carbocycles. The first-order valence-electron chi connectivity index (χ1n) is 7.14. The Labute approximate surface area is 121 Å². The van der Waals surface area contributed by atoms with Crippen LogP contribution in [0.15, 0.2) is 30.3 Å². The molecule has 1 aromatic rings. The largest absolute Gasteiger partial charge is 0.301 e. The Kier molecular flexibility index (Phi) is 3.39. The zero-order valence-corrected chi connectivity index (χ0v) is 12.9. The summed E-state index contributed by atoms with van der Waals surface area (Å²) in [6.45, 7) is 2.29. The summed E-state index contributed by atoms with van der Waals surface area (Å²) in [6, 6.07) is 10.9. The number of rotatable bonds is 2. The maximum atomic E-state index is 11.8. The molecule has 0 aliphatic carbocycles. The summed E-state index contributed by atoms with van der Waals surface area (Å²) in [7, 11) is -0.978. The van der Waals surface area contributed by atoms with Crippen molar-refractivity contribution in [2.45, 2.75) is 24.3 Å². The minimum atomic E-state index is -3.09. The van der Waals surface area contributed by atoms with E-state index in [1.807, 2.05) is 6.07 Å². The number of hydrogen-bond donors (Lipinski definition) is 0. The fraction of sp³-hybridized carbons (Fsp3) is 0.600. The molecule has 2 aliphatic heterocycles. The molecule has 110 valence electrons. The smallest absolute Gasteiger partial charge is 0.211 e. The fourth-order valence-electron chi connectivity index (χ4n) is 3.89. The van der Waals surface area contributed by atoms with Crippen molar-refractivity contribution in [2.75, 3.05) is 32.9 Å². The van der Waals surface area contributed by atoms with Gasteiger partial charge in [-0.1, -0.05) is 30.3 Å². The van der Waals surface area contributed by atoms with Crippen LogP contribution in [-0.2, 0) is 15.4 Å². The minimum Gasteiger partial charge on any atom is -0.301 e. The highest BCUT2D eigenvalue weighted by atomic mass is 32.2. The molecule has 5 heteroatoms. The van der Waals surface area contributed by atoms with E-state index in [-0.39, 0.29) is 11.5 Å². The van der Waals surface area contributed by atoms with Gasteiger partial charge < -0.3 is 4.90 Å². The van der Waals surface area contributed by atoms with Crippen LogP contribution < -0.4 is 0 Å². The molecule has 0 radical (unpaired) electrons. The molecule has 2 fully saturated rings. The third-order valence-electron chi connectivity index (χ3n) is 5.08. The molecular formula is C15H22N2O2S. The third kappa shape index (κ3) is 2.18. The van der Waals surface area contributed by atoms with Crippen LogP contribution in [0.4, 0.5) is 0 Å². The maximum absolute atomic E-state index is 11.8. The summed E-state index contributed by atoms with van der Waals surface area (Å²) >= 11 is 0. The van der Waals surface area contributed by atoms with Gasteiger partial charge in [0.25, 0.3) is 0 Å². The molecule has 2 unspecified atom stereocenters. The molecule has 0 spiro atoms. The van der Waals surface area contributed by atoms with Crippen LogP contribution >= 0.6 is 0 Å². The summed E-state index contributed by atoms with van der Waals surface area (Å²) in [4.78, 5) is 2.32. The van der Waals surface area contributed by atoms with E-state index in [0.29, 0.717) is 13.1 Å². The molecular weight excluding hydrogens is 272 g/mol. The topological polar surface area (TPSA) is 40.6 Å². The Bertz CT molecular complexity index is 587. The molecule has 0 bridgehead atoms. The highest BCUT2D eigenvalue weighted by Crippen LogP contribution is 2.45. The van der Waals surface area contributed by atoms with E-state index in [1.54, 1.807) is 4.31 Å². The molecule has 0 amide bonds. The average Bonchev–Trinajstić information content (AvgIpc) is 2.77. The van der Waals surface area contributed by atoms with Gasteiger partial charge in [-0.25, -0.2) is 12.7 Å². The predicted octanol–water partition coefficient (Wildman–Crippen LogP) is 1.29. The zero-order valence-electron chi connectivity index (χ0n) is 12.1. The summed E-state index contributed by atoms with van der Waals surface area (Å²) in [5.74, 6) is 0. The lowest BCUT2D eigenvalue weighted by atomic mass is 9.70. The second-order valence-electron chi connectivity index (χ2n) is 6.14. The van der Waals surface area contributed by atoms with E-state index in [1.165, 1.54) is 11.8 Å². The fourth-order valence-corrected chi connectivity index (χ4v) is 4.72. The van der Waals surface area contributed by atoms with Crippen LogP contribution in [0.3, 0.4) is 0 Å². The second kappa shape index (κ2) is 4.83. The summed E-state index contributed by atoms with van der Waals surface area (Å²) < 4.78 is 25.3. The highest BCUT2D eigenvalue weighted by molar-refractivity contribution is 7.88. The first-order chi connectivity index (χ1) is 9.43. The number of piperidine rings is 1. The Morgan fingerprint density at radius 1 is 1.15 bits per heavy atom. The third-order valence-corrected chi connectivity index (χ3v) is 6.35. The SMILES string of the molecule is CN1CCC2(c3ccccc3)CCN(S(C)(=O)=O)CC12. The van der Waals surface area contributed by atoms with Crippen molar-refractivity contribution in [1.29, 1.82) is 0 Å². The van der Waals surface area contributed by atoms with Gasteiger partial charge in [-0.2, -0.15) is 0 Å². The van der Waals surface area contributed by atoms with E-state index in [4.69, 9.17) is 0 Å². The highest BCUT2D eigenvalue weighted by Gasteiger charge is 2.51. The van der Waals surface area contributed by atoms with Gasteiger partial charge in [-0.05, 0) is 32.0 Å². The number of fused-ring (bicyclic) bond motifs is 1. The van der Waals surface area contributed by atoms with Crippen molar-refractivity contribution >= 4 is 10.0 Å². The van der Waals surface area contributed by atoms with Gasteiger partial charge in [-0.15, -0.1) is 0 Å². The molecule has 0 N–H and O–H groups in total. The second-order valence-corrected chi connectivity index (χ2v) is 8.12. The zero-order chi connectivity index (χ0) is 14.4. The van der Waals surface area contributed by atoms with Gasteiger partial charge in [0.2, 0.25) is 10.0 Å².